The van der Waals surface area contributed by atoms with Crippen LogP contribution in [0.5, 0.6) is 0 Å². The highest BCUT2D eigenvalue weighted by Crippen LogP contribution is 2.11. The third-order valence-corrected chi connectivity index (χ3v) is 2.56. The Labute approximate surface area is 113 Å². The SMILES string of the molecule is Nc1n[nH]c(C(=O)NCCc2ccc([N+](=O)[O-])cc2)n1. The van der Waals surface area contributed by atoms with Gasteiger partial charge in [-0.2, -0.15) is 4.98 Å². The predicted octanol–water partition coefficient (Wildman–Crippen LogP) is 0.268. The molecule has 0 aliphatic carbocycles. The second kappa shape index (κ2) is 5.78. The monoisotopic (exact) mass is 276 g/mol. The number of nitrogens with two attached hydrogens (primary N) is 1. The van der Waals surface area contributed by atoms with Crippen LogP contribution in [0.1, 0.15) is 16.2 Å². The number of amides is 1. The summed E-state index contributed by atoms with van der Waals surface area (Å²) in [4.78, 5) is 25.3. The number of hydrogen-bond acceptors (Lipinski definition) is 6. The fourth-order valence-corrected chi connectivity index (χ4v) is 1.56. The van der Waals surface area contributed by atoms with E-state index in [9.17, 15) is 14.9 Å². The summed E-state index contributed by atoms with van der Waals surface area (Å²) in [6.07, 6.45) is 0.549. The van der Waals surface area contributed by atoms with E-state index in [4.69, 9.17) is 5.73 Å². The van der Waals surface area contributed by atoms with Crippen LogP contribution in [0.15, 0.2) is 24.3 Å². The molecule has 2 aromatic rings. The maximum absolute atomic E-state index is 11.6. The minimum absolute atomic E-state index is 0.00511. The van der Waals surface area contributed by atoms with Gasteiger partial charge in [0, 0.05) is 18.7 Å². The Kier molecular flexibility index (Phi) is 3.89. The Morgan fingerprint density at radius 2 is 2.10 bits per heavy atom. The number of nitro benzene ring substituents is 1. The van der Waals surface area contributed by atoms with Crippen molar-refractivity contribution in [2.45, 2.75) is 6.42 Å². The van der Waals surface area contributed by atoms with Crippen LogP contribution in [-0.4, -0.2) is 32.6 Å². The standard InChI is InChI=1S/C11H12N6O3/c12-11-14-9(15-16-11)10(18)13-6-5-7-1-3-8(4-2-7)17(19)20/h1-4H,5-6H2,(H,13,18)(H3,12,14,15,16). The number of nitro groups is 1. The first-order chi connectivity index (χ1) is 9.56. The largest absolute Gasteiger partial charge is 0.366 e. The van der Waals surface area contributed by atoms with Crippen LogP contribution < -0.4 is 11.1 Å². The molecule has 0 fully saturated rings. The summed E-state index contributed by atoms with van der Waals surface area (Å²) in [7, 11) is 0. The van der Waals surface area contributed by atoms with Crippen molar-refractivity contribution in [1.29, 1.82) is 0 Å². The number of aromatic amines is 1. The van der Waals surface area contributed by atoms with Crippen molar-refractivity contribution in [2.24, 2.45) is 0 Å². The van der Waals surface area contributed by atoms with Crippen molar-refractivity contribution in [1.82, 2.24) is 20.5 Å². The number of non-ortho nitro benzene ring substituents is 1. The maximum atomic E-state index is 11.6. The molecule has 4 N–H and O–H groups in total. The van der Waals surface area contributed by atoms with Gasteiger partial charge in [-0.1, -0.05) is 12.1 Å². The third-order valence-electron chi connectivity index (χ3n) is 2.56. The number of nitrogens with zero attached hydrogens (tertiary/aromatic N) is 3. The molecule has 0 bridgehead atoms. The molecule has 1 amide bonds. The van der Waals surface area contributed by atoms with Crippen molar-refractivity contribution in [3.8, 4) is 0 Å². The first-order valence-corrected chi connectivity index (χ1v) is 5.75. The van der Waals surface area contributed by atoms with Crippen LogP contribution in [0, 0.1) is 10.1 Å². The minimum atomic E-state index is -0.458. The van der Waals surface area contributed by atoms with Crippen LogP contribution in [0.2, 0.25) is 0 Å². The topological polar surface area (TPSA) is 140 Å². The molecular formula is C11H12N6O3. The quantitative estimate of drug-likeness (QED) is 0.528. The van der Waals surface area contributed by atoms with E-state index in [-0.39, 0.29) is 17.5 Å². The number of nitrogens with one attached hydrogen (secondary N) is 2. The highest BCUT2D eigenvalue weighted by molar-refractivity contribution is 5.90. The lowest BCUT2D eigenvalue weighted by atomic mass is 10.1. The first kappa shape index (κ1) is 13.5. The molecule has 0 aliphatic heterocycles. The van der Waals surface area contributed by atoms with Gasteiger partial charge in [0.15, 0.2) is 0 Å². The zero-order valence-electron chi connectivity index (χ0n) is 10.4. The summed E-state index contributed by atoms with van der Waals surface area (Å²) in [5.41, 5.74) is 6.21. The first-order valence-electron chi connectivity index (χ1n) is 5.75. The number of carbonyl (C=O) groups excluding carboxylic acids is 1. The van der Waals surface area contributed by atoms with Gasteiger partial charge in [-0.05, 0) is 12.0 Å². The van der Waals surface area contributed by atoms with Crippen LogP contribution in [0.4, 0.5) is 11.6 Å². The maximum Gasteiger partial charge on any atom is 0.288 e. The van der Waals surface area contributed by atoms with Gasteiger partial charge in [0.25, 0.3) is 11.6 Å². The van der Waals surface area contributed by atoms with Gasteiger partial charge in [-0.3, -0.25) is 20.0 Å². The van der Waals surface area contributed by atoms with Crippen molar-refractivity contribution < 1.29 is 9.72 Å². The van der Waals surface area contributed by atoms with E-state index in [1.807, 2.05) is 0 Å². The summed E-state index contributed by atoms with van der Waals surface area (Å²) in [5.74, 6) is -0.354. The van der Waals surface area contributed by atoms with E-state index in [0.717, 1.165) is 5.56 Å². The molecule has 0 spiro atoms. The Morgan fingerprint density at radius 1 is 1.40 bits per heavy atom. The molecule has 1 heterocycles. The summed E-state index contributed by atoms with van der Waals surface area (Å²) < 4.78 is 0. The average molecular weight is 276 g/mol. The smallest absolute Gasteiger partial charge is 0.288 e. The number of rotatable bonds is 5. The zero-order chi connectivity index (χ0) is 14.5. The number of hydrogen-bond donors (Lipinski definition) is 3. The number of benzene rings is 1. The molecule has 1 aromatic carbocycles. The molecule has 0 aliphatic rings. The van der Waals surface area contributed by atoms with Crippen molar-refractivity contribution in [2.75, 3.05) is 12.3 Å². The zero-order valence-corrected chi connectivity index (χ0v) is 10.4. The van der Waals surface area contributed by atoms with E-state index < -0.39 is 10.8 Å². The average Bonchev–Trinajstić information content (AvgIpc) is 2.86. The molecular weight excluding hydrogens is 264 g/mol. The van der Waals surface area contributed by atoms with Crippen LogP contribution >= 0.6 is 0 Å². The highest BCUT2D eigenvalue weighted by Gasteiger charge is 2.10. The van der Waals surface area contributed by atoms with Gasteiger partial charge >= 0.3 is 0 Å². The fraction of sp³-hybridized carbons (Fsp3) is 0.182. The molecule has 0 atom stereocenters. The molecule has 0 radical (unpaired) electrons. The molecule has 9 nitrogen and oxygen atoms in total. The van der Waals surface area contributed by atoms with Crippen LogP contribution in [0.3, 0.4) is 0 Å². The highest BCUT2D eigenvalue weighted by atomic mass is 16.6. The Morgan fingerprint density at radius 3 is 2.65 bits per heavy atom. The van der Waals surface area contributed by atoms with E-state index in [0.29, 0.717) is 13.0 Å². The second-order valence-electron chi connectivity index (χ2n) is 3.97. The van der Waals surface area contributed by atoms with Gasteiger partial charge in [0.1, 0.15) is 0 Å². The van der Waals surface area contributed by atoms with Crippen LogP contribution in [-0.2, 0) is 6.42 Å². The van der Waals surface area contributed by atoms with E-state index in [1.165, 1.54) is 12.1 Å². The van der Waals surface area contributed by atoms with E-state index in [1.54, 1.807) is 12.1 Å². The second-order valence-corrected chi connectivity index (χ2v) is 3.97. The van der Waals surface area contributed by atoms with Crippen molar-refractivity contribution >= 4 is 17.5 Å². The summed E-state index contributed by atoms with van der Waals surface area (Å²) >= 11 is 0. The molecule has 104 valence electrons. The third kappa shape index (κ3) is 3.28. The Balaban J connectivity index is 1.83. The van der Waals surface area contributed by atoms with E-state index in [2.05, 4.69) is 20.5 Å². The van der Waals surface area contributed by atoms with E-state index >= 15 is 0 Å². The molecule has 0 saturated heterocycles. The summed E-state index contributed by atoms with van der Waals surface area (Å²) in [6.45, 7) is 0.372. The Bertz CT molecular complexity index is 621. The molecule has 1 aromatic heterocycles. The lowest BCUT2D eigenvalue weighted by molar-refractivity contribution is -0.384. The number of nitrogen functional groups attached to an aromatic ring is 1. The van der Waals surface area contributed by atoms with Gasteiger partial charge in [-0.15, -0.1) is 5.10 Å². The number of carbonyl (C=O) groups is 1. The van der Waals surface area contributed by atoms with Gasteiger partial charge in [0.2, 0.25) is 11.8 Å². The molecule has 20 heavy (non-hydrogen) atoms. The number of aromatic nitrogens is 3. The van der Waals surface area contributed by atoms with Crippen LogP contribution in [0.25, 0.3) is 0 Å². The fourth-order valence-electron chi connectivity index (χ4n) is 1.56. The molecule has 2 rings (SSSR count). The normalized spacial score (nSPS) is 10.2. The van der Waals surface area contributed by atoms with Crippen molar-refractivity contribution in [3.63, 3.8) is 0 Å². The minimum Gasteiger partial charge on any atom is -0.366 e. The molecule has 0 unspecified atom stereocenters. The predicted molar refractivity (Wildman–Crippen MR) is 69.9 cm³/mol. The summed E-state index contributed by atoms with van der Waals surface area (Å²) in [5, 5.41) is 19.1. The molecule has 0 saturated carbocycles. The van der Waals surface area contributed by atoms with Gasteiger partial charge < -0.3 is 11.1 Å². The lowest BCUT2D eigenvalue weighted by Gasteiger charge is -2.03. The Hall–Kier alpha value is -2.97. The van der Waals surface area contributed by atoms with Gasteiger partial charge in [-0.25, -0.2) is 0 Å². The number of anilines is 1. The number of H-pyrrole nitrogens is 1. The van der Waals surface area contributed by atoms with Gasteiger partial charge in [0.05, 0.1) is 4.92 Å². The lowest BCUT2D eigenvalue weighted by Crippen LogP contribution is -2.26. The molecule has 9 heteroatoms. The summed E-state index contributed by atoms with van der Waals surface area (Å²) in [6, 6.07) is 6.15. The van der Waals surface area contributed by atoms with Crippen molar-refractivity contribution in [3.05, 3.63) is 45.8 Å².